The summed E-state index contributed by atoms with van der Waals surface area (Å²) in [6, 6.07) is 21.5. The van der Waals surface area contributed by atoms with Gasteiger partial charge in [0.15, 0.2) is 0 Å². The number of hydrogen-bond acceptors (Lipinski definition) is 2. The first-order chi connectivity index (χ1) is 19.5. The molecule has 2 atom stereocenters. The number of halogens is 2. The van der Waals surface area contributed by atoms with Gasteiger partial charge in [-0.3, -0.25) is 0 Å². The second-order valence-corrected chi connectivity index (χ2v) is 12.6. The highest BCUT2D eigenvalue weighted by Crippen LogP contribution is 2.39. The molecule has 0 amide bonds. The number of imidazole rings is 1. The number of fused-ring (bicyclic) bond motifs is 8. The van der Waals surface area contributed by atoms with Gasteiger partial charge >= 0.3 is 0 Å². The smallest absolute Gasteiger partial charge is 0.140 e. The third-order valence-electron chi connectivity index (χ3n) is 8.26. The van der Waals surface area contributed by atoms with Crippen LogP contribution in [0.15, 0.2) is 83.6 Å². The molecule has 5 nitrogen and oxygen atoms in total. The van der Waals surface area contributed by atoms with Crippen LogP contribution in [0.3, 0.4) is 0 Å². The molecule has 3 aromatic heterocycles. The molecule has 1 aliphatic carbocycles. The molecule has 2 unspecified atom stereocenters. The largest absolute Gasteiger partial charge is 0.381 e. The molecule has 8 rings (SSSR count). The first-order valence-corrected chi connectivity index (χ1v) is 15.1. The maximum Gasteiger partial charge on any atom is 0.140 e. The van der Waals surface area contributed by atoms with E-state index in [1.54, 1.807) is 0 Å². The summed E-state index contributed by atoms with van der Waals surface area (Å²) in [6.45, 7) is 3.03. The Morgan fingerprint density at radius 1 is 0.900 bits per heavy atom. The molecule has 1 aliphatic rings. The summed E-state index contributed by atoms with van der Waals surface area (Å²) in [5.74, 6) is 1.28. The minimum Gasteiger partial charge on any atom is -0.381 e. The van der Waals surface area contributed by atoms with Crippen LogP contribution >= 0.6 is 31.9 Å². The quantitative estimate of drug-likeness (QED) is 0.113. The predicted octanol–water partition coefficient (Wildman–Crippen LogP) is 9.61. The number of H-pyrrole nitrogens is 3. The van der Waals surface area contributed by atoms with Crippen molar-refractivity contribution in [1.29, 1.82) is 0 Å². The summed E-state index contributed by atoms with van der Waals surface area (Å²) in [7, 11) is 0. The van der Waals surface area contributed by atoms with Crippen LogP contribution in [0.25, 0.3) is 60.9 Å². The molecule has 0 aliphatic heterocycles. The number of nitrogens with one attached hydrogen (secondary N) is 4. The van der Waals surface area contributed by atoms with Crippen LogP contribution in [0.5, 0.6) is 0 Å². The predicted molar refractivity (Wildman–Crippen MR) is 174 cm³/mol. The van der Waals surface area contributed by atoms with Gasteiger partial charge in [0.1, 0.15) is 5.82 Å². The van der Waals surface area contributed by atoms with Crippen molar-refractivity contribution in [2.75, 3.05) is 5.32 Å². The van der Waals surface area contributed by atoms with Crippen LogP contribution in [0.4, 0.5) is 5.69 Å². The van der Waals surface area contributed by atoms with Gasteiger partial charge < -0.3 is 20.3 Å². The van der Waals surface area contributed by atoms with Crippen molar-refractivity contribution in [3.05, 3.63) is 100 Å². The van der Waals surface area contributed by atoms with Gasteiger partial charge in [-0.05, 0) is 64.2 Å². The lowest BCUT2D eigenvalue weighted by Gasteiger charge is -2.21. The minimum absolute atomic E-state index is 0.351. The number of aromatic amines is 3. The summed E-state index contributed by atoms with van der Waals surface area (Å²) in [4.78, 5) is 16.1. The van der Waals surface area contributed by atoms with Gasteiger partial charge in [0, 0.05) is 66.9 Å². The van der Waals surface area contributed by atoms with Crippen LogP contribution in [-0.4, -0.2) is 24.8 Å². The normalized spacial score (nSPS) is 16.9. The summed E-state index contributed by atoms with van der Waals surface area (Å²) in [5, 5.41) is 9.56. The van der Waals surface area contributed by atoms with E-state index in [2.05, 4.69) is 138 Å². The zero-order chi connectivity index (χ0) is 27.0. The van der Waals surface area contributed by atoms with Crippen molar-refractivity contribution in [2.24, 2.45) is 0 Å². The number of nitrogens with zero attached hydrogens (tertiary/aromatic N) is 1. The van der Waals surface area contributed by atoms with E-state index in [1.807, 2.05) is 6.20 Å². The molecule has 0 saturated heterocycles. The second-order valence-electron chi connectivity index (χ2n) is 10.6. The number of allylic oxidation sites excluding steroid dienone is 1. The van der Waals surface area contributed by atoms with Gasteiger partial charge in [0.25, 0.3) is 0 Å². The standard InChI is InChI=1S/C33H25Br2N5/c1-17-27(35)9-11-29-30(17)18(15-37-29)14-36-20-7-8-22-21-4-2-3-5-23(21)31-32(25(22)13-20)40-33(39-31)26-16-38-28-10-6-19(34)12-24(26)28/h2-13,15-17,27,36-38H,14H2,1H3,(H,39,40). The van der Waals surface area contributed by atoms with E-state index in [0.29, 0.717) is 10.7 Å². The number of hydrogen-bond donors (Lipinski definition) is 4. The van der Waals surface area contributed by atoms with Crippen LogP contribution in [0.2, 0.25) is 0 Å². The van der Waals surface area contributed by atoms with E-state index < -0.39 is 0 Å². The topological polar surface area (TPSA) is 72.3 Å². The summed E-state index contributed by atoms with van der Waals surface area (Å²) in [5.41, 5.74) is 9.15. The Balaban J connectivity index is 1.25. The monoisotopic (exact) mass is 649 g/mol. The Hall–Kier alpha value is -3.81. The van der Waals surface area contributed by atoms with Crippen molar-refractivity contribution >= 4 is 87.1 Å². The fourth-order valence-corrected chi connectivity index (χ4v) is 7.00. The maximum absolute atomic E-state index is 5.20. The molecular weight excluding hydrogens is 626 g/mol. The Morgan fingerprint density at radius 3 is 2.65 bits per heavy atom. The van der Waals surface area contributed by atoms with Crippen LogP contribution in [-0.2, 0) is 6.54 Å². The van der Waals surface area contributed by atoms with Crippen molar-refractivity contribution in [3.8, 4) is 11.4 Å². The lowest BCUT2D eigenvalue weighted by atomic mass is 9.90. The molecule has 3 heterocycles. The summed E-state index contributed by atoms with van der Waals surface area (Å²) < 4.78 is 1.05. The van der Waals surface area contributed by atoms with Gasteiger partial charge in [-0.25, -0.2) is 4.98 Å². The molecule has 196 valence electrons. The zero-order valence-electron chi connectivity index (χ0n) is 21.6. The SMILES string of the molecule is CC1c2c(CNc3ccc4c5ccccc5c5[nH]c(-c6c[nH]c7ccc(Br)cc67)nc5c4c3)c[nH]c2C=CC1Br. The molecular formula is C33H25Br2N5. The van der Waals surface area contributed by atoms with E-state index in [9.17, 15) is 0 Å². The van der Waals surface area contributed by atoms with Crippen molar-refractivity contribution in [3.63, 3.8) is 0 Å². The highest BCUT2D eigenvalue weighted by atomic mass is 79.9. The number of benzene rings is 4. The molecule has 0 saturated carbocycles. The maximum atomic E-state index is 5.20. The highest BCUT2D eigenvalue weighted by Gasteiger charge is 2.24. The number of alkyl halides is 1. The molecule has 4 aromatic carbocycles. The van der Waals surface area contributed by atoms with Crippen LogP contribution in [0.1, 0.15) is 29.7 Å². The Bertz CT molecular complexity index is 2130. The Kier molecular flexibility index (Phi) is 5.47. The average Bonchev–Trinajstić information content (AvgIpc) is 3.71. The van der Waals surface area contributed by atoms with Gasteiger partial charge in [0.2, 0.25) is 0 Å². The lowest BCUT2D eigenvalue weighted by Crippen LogP contribution is -2.13. The number of anilines is 1. The van der Waals surface area contributed by atoms with Crippen LogP contribution < -0.4 is 5.32 Å². The van der Waals surface area contributed by atoms with Crippen LogP contribution in [0, 0.1) is 0 Å². The van der Waals surface area contributed by atoms with Gasteiger partial charge in [-0.1, -0.05) is 75.2 Å². The first kappa shape index (κ1) is 24.0. The van der Waals surface area contributed by atoms with E-state index in [4.69, 9.17) is 4.98 Å². The van der Waals surface area contributed by atoms with Crippen molar-refractivity contribution in [2.45, 2.75) is 24.2 Å². The van der Waals surface area contributed by atoms with Crippen molar-refractivity contribution in [1.82, 2.24) is 19.9 Å². The third-order valence-corrected chi connectivity index (χ3v) is 9.86. The third kappa shape index (κ3) is 3.68. The zero-order valence-corrected chi connectivity index (χ0v) is 24.8. The highest BCUT2D eigenvalue weighted by molar-refractivity contribution is 9.10. The molecule has 0 spiro atoms. The molecule has 7 aromatic rings. The van der Waals surface area contributed by atoms with Gasteiger partial charge in [0.05, 0.1) is 11.0 Å². The summed E-state index contributed by atoms with van der Waals surface area (Å²) in [6.07, 6.45) is 8.57. The van der Waals surface area contributed by atoms with E-state index >= 15 is 0 Å². The average molecular weight is 651 g/mol. The fraction of sp³-hybridized carbons (Fsp3) is 0.121. The first-order valence-electron chi connectivity index (χ1n) is 13.4. The van der Waals surface area contributed by atoms with Gasteiger partial charge in [-0.2, -0.15) is 0 Å². The summed E-state index contributed by atoms with van der Waals surface area (Å²) >= 11 is 7.43. The van der Waals surface area contributed by atoms with E-state index in [-0.39, 0.29) is 0 Å². The molecule has 0 bridgehead atoms. The van der Waals surface area contributed by atoms with Crippen molar-refractivity contribution < 1.29 is 0 Å². The fourth-order valence-electron chi connectivity index (χ4n) is 6.23. The molecule has 7 heteroatoms. The molecule has 0 fully saturated rings. The van der Waals surface area contributed by atoms with E-state index in [1.165, 1.54) is 33.0 Å². The second kappa shape index (κ2) is 9.11. The lowest BCUT2D eigenvalue weighted by molar-refractivity contribution is 0.785. The van der Waals surface area contributed by atoms with E-state index in [0.717, 1.165) is 55.4 Å². The molecule has 4 N–H and O–H groups in total. The Labute approximate surface area is 247 Å². The number of aromatic nitrogens is 4. The Morgan fingerprint density at radius 2 is 1.75 bits per heavy atom. The molecule has 0 radical (unpaired) electrons. The molecule has 40 heavy (non-hydrogen) atoms. The minimum atomic E-state index is 0.351. The van der Waals surface area contributed by atoms with Gasteiger partial charge in [-0.15, -0.1) is 0 Å². The number of rotatable bonds is 4.